The van der Waals surface area contributed by atoms with E-state index in [2.05, 4.69) is 72.8 Å². The number of para-hydroxylation sites is 1. The third kappa shape index (κ3) is 1.92. The molecule has 134 valence electrons. The molecule has 2 nitrogen and oxygen atoms in total. The lowest BCUT2D eigenvalue weighted by molar-refractivity contribution is 0.467. The second kappa shape index (κ2) is 5.42. The lowest BCUT2D eigenvalue weighted by Crippen LogP contribution is -2.57. The molecule has 0 N–H and O–H groups in total. The Morgan fingerprint density at radius 1 is 0.448 bits per heavy atom. The summed E-state index contributed by atoms with van der Waals surface area (Å²) in [4.78, 5) is 0. The van der Waals surface area contributed by atoms with Crippen molar-refractivity contribution in [2.45, 2.75) is 0 Å². The maximum atomic E-state index is 6.58. The topological polar surface area (TPSA) is 18.5 Å². The number of hydrogen-bond acceptors (Lipinski definition) is 2. The van der Waals surface area contributed by atoms with Crippen molar-refractivity contribution in [3.63, 3.8) is 0 Å². The van der Waals surface area contributed by atoms with Crippen LogP contribution in [0.15, 0.2) is 91.0 Å². The number of ether oxygens (including phenoxy) is 2. The van der Waals surface area contributed by atoms with Crippen LogP contribution < -0.4 is 25.9 Å². The van der Waals surface area contributed by atoms with Crippen LogP contribution >= 0.6 is 0 Å². The van der Waals surface area contributed by atoms with E-state index in [0.29, 0.717) is 0 Å². The summed E-state index contributed by atoms with van der Waals surface area (Å²) in [6.45, 7) is 0.0874. The van der Waals surface area contributed by atoms with E-state index in [4.69, 9.17) is 9.47 Å². The summed E-state index contributed by atoms with van der Waals surface area (Å²) in [5.41, 5.74) is 3.55. The highest BCUT2D eigenvalue weighted by Crippen LogP contribution is 2.40. The van der Waals surface area contributed by atoms with E-state index in [1.807, 2.05) is 18.2 Å². The molecule has 0 saturated heterocycles. The first-order valence-corrected chi connectivity index (χ1v) is 9.91. The molecule has 0 bridgehead atoms. The van der Waals surface area contributed by atoms with E-state index < -0.39 is 0 Å². The summed E-state index contributed by atoms with van der Waals surface area (Å²) in [7, 11) is 0. The summed E-state index contributed by atoms with van der Waals surface area (Å²) in [5.74, 6) is 3.65. The van der Waals surface area contributed by atoms with Gasteiger partial charge in [0.15, 0.2) is 0 Å². The Balaban J connectivity index is 1.71. The van der Waals surface area contributed by atoms with Gasteiger partial charge in [-0.3, -0.25) is 0 Å². The molecule has 2 heterocycles. The van der Waals surface area contributed by atoms with Crippen molar-refractivity contribution in [2.75, 3.05) is 0 Å². The van der Waals surface area contributed by atoms with Gasteiger partial charge in [0.25, 0.3) is 6.71 Å². The fraction of sp³-hybridized carbons (Fsp3) is 0. The molecular formula is C26H15BO2. The van der Waals surface area contributed by atoms with Crippen LogP contribution in [0.2, 0.25) is 0 Å². The van der Waals surface area contributed by atoms with Gasteiger partial charge in [-0.05, 0) is 45.3 Å². The first-order valence-electron chi connectivity index (χ1n) is 9.91. The zero-order chi connectivity index (χ0) is 18.9. The van der Waals surface area contributed by atoms with Crippen molar-refractivity contribution in [1.29, 1.82) is 0 Å². The summed E-state index contributed by atoms with van der Waals surface area (Å²) >= 11 is 0. The fourth-order valence-corrected chi connectivity index (χ4v) is 5.01. The van der Waals surface area contributed by atoms with Gasteiger partial charge in [-0.25, -0.2) is 0 Å². The van der Waals surface area contributed by atoms with E-state index >= 15 is 0 Å². The highest BCUT2D eigenvalue weighted by atomic mass is 16.5. The summed E-state index contributed by atoms with van der Waals surface area (Å²) in [5, 5.41) is 4.88. The van der Waals surface area contributed by atoms with Gasteiger partial charge < -0.3 is 9.47 Å². The maximum absolute atomic E-state index is 6.58. The van der Waals surface area contributed by atoms with Gasteiger partial charge in [0.1, 0.15) is 23.0 Å². The first kappa shape index (κ1) is 15.2. The quantitative estimate of drug-likeness (QED) is 0.284. The van der Waals surface area contributed by atoms with Crippen LogP contribution in [0.3, 0.4) is 0 Å². The molecule has 0 atom stereocenters. The van der Waals surface area contributed by atoms with Crippen molar-refractivity contribution in [1.82, 2.24) is 0 Å². The Kier molecular flexibility index (Phi) is 2.85. The highest BCUT2D eigenvalue weighted by Gasteiger charge is 2.41. The first-order chi connectivity index (χ1) is 14.4. The molecule has 0 unspecified atom stereocenters. The molecule has 7 rings (SSSR count). The minimum absolute atomic E-state index is 0.0874. The van der Waals surface area contributed by atoms with Crippen molar-refractivity contribution in [3.05, 3.63) is 91.0 Å². The van der Waals surface area contributed by atoms with Crippen LogP contribution in [0.5, 0.6) is 23.0 Å². The summed E-state index contributed by atoms with van der Waals surface area (Å²) in [6.07, 6.45) is 0. The number of rotatable bonds is 0. The number of fused-ring (bicyclic) bond motifs is 9. The molecular weight excluding hydrogens is 355 g/mol. The third-order valence-corrected chi connectivity index (χ3v) is 6.19. The van der Waals surface area contributed by atoms with Gasteiger partial charge in [0.2, 0.25) is 0 Å². The molecule has 3 heteroatoms. The predicted octanol–water partition coefficient (Wildman–Crippen LogP) is 4.72. The lowest BCUT2D eigenvalue weighted by Gasteiger charge is -2.34. The van der Waals surface area contributed by atoms with Crippen molar-refractivity contribution >= 4 is 44.6 Å². The van der Waals surface area contributed by atoms with Crippen molar-refractivity contribution < 1.29 is 9.47 Å². The fourth-order valence-electron chi connectivity index (χ4n) is 5.01. The SMILES string of the molecule is c1ccc2c(c1)Oc1cccc3c1B2c1c(c2ccccc2c2ccccc12)O3. The van der Waals surface area contributed by atoms with E-state index in [1.165, 1.54) is 27.1 Å². The van der Waals surface area contributed by atoms with Gasteiger partial charge in [-0.15, -0.1) is 0 Å². The zero-order valence-corrected chi connectivity index (χ0v) is 15.6. The molecule has 29 heavy (non-hydrogen) atoms. The van der Waals surface area contributed by atoms with Crippen LogP contribution in [0.25, 0.3) is 21.5 Å². The second-order valence-electron chi connectivity index (χ2n) is 7.68. The largest absolute Gasteiger partial charge is 0.458 e. The predicted molar refractivity (Wildman–Crippen MR) is 119 cm³/mol. The Morgan fingerprint density at radius 2 is 1.03 bits per heavy atom. The number of benzene rings is 5. The van der Waals surface area contributed by atoms with E-state index in [9.17, 15) is 0 Å². The molecule has 0 aliphatic carbocycles. The summed E-state index contributed by atoms with van der Waals surface area (Å²) in [6, 6.07) is 31.7. The van der Waals surface area contributed by atoms with Crippen LogP contribution in [0.1, 0.15) is 0 Å². The van der Waals surface area contributed by atoms with Crippen LogP contribution in [0, 0.1) is 0 Å². The van der Waals surface area contributed by atoms with Gasteiger partial charge >= 0.3 is 0 Å². The molecule has 0 amide bonds. The molecule has 0 aromatic heterocycles. The lowest BCUT2D eigenvalue weighted by atomic mass is 9.34. The number of hydrogen-bond donors (Lipinski definition) is 0. The average Bonchev–Trinajstić information content (AvgIpc) is 2.79. The molecule has 2 aliphatic heterocycles. The van der Waals surface area contributed by atoms with Crippen LogP contribution in [-0.4, -0.2) is 6.71 Å². The normalized spacial score (nSPS) is 13.3. The monoisotopic (exact) mass is 370 g/mol. The average molecular weight is 370 g/mol. The van der Waals surface area contributed by atoms with Gasteiger partial charge in [-0.1, -0.05) is 72.8 Å². The Hall–Kier alpha value is -3.72. The van der Waals surface area contributed by atoms with Gasteiger partial charge in [-0.2, -0.15) is 0 Å². The maximum Gasteiger partial charge on any atom is 0.261 e. The second-order valence-corrected chi connectivity index (χ2v) is 7.68. The van der Waals surface area contributed by atoms with Crippen molar-refractivity contribution in [3.8, 4) is 23.0 Å². The van der Waals surface area contributed by atoms with Gasteiger partial charge in [0, 0.05) is 10.8 Å². The van der Waals surface area contributed by atoms with Crippen LogP contribution in [-0.2, 0) is 0 Å². The Bertz CT molecular complexity index is 1470. The molecule has 2 aliphatic rings. The molecule has 0 spiro atoms. The molecule has 0 fully saturated rings. The minimum atomic E-state index is 0.0874. The standard InChI is InChI=1S/C26H15BO2/c1-3-10-18-16(8-1)17-9-2-4-11-19(17)26-24(18)27-20-12-5-6-13-21(20)28-22-14-7-15-23(29-26)25(22)27/h1-15H. The summed E-state index contributed by atoms with van der Waals surface area (Å²) < 4.78 is 12.8. The third-order valence-electron chi connectivity index (χ3n) is 6.19. The highest BCUT2D eigenvalue weighted by molar-refractivity contribution is 6.99. The van der Waals surface area contributed by atoms with Crippen LogP contribution in [0.4, 0.5) is 0 Å². The van der Waals surface area contributed by atoms with E-state index in [-0.39, 0.29) is 6.71 Å². The molecule has 0 saturated carbocycles. The molecule has 5 aromatic carbocycles. The van der Waals surface area contributed by atoms with E-state index in [1.54, 1.807) is 0 Å². The smallest absolute Gasteiger partial charge is 0.261 e. The molecule has 5 aromatic rings. The zero-order valence-electron chi connectivity index (χ0n) is 15.6. The van der Waals surface area contributed by atoms with Gasteiger partial charge in [0.05, 0.1) is 0 Å². The Morgan fingerprint density at radius 3 is 1.86 bits per heavy atom. The van der Waals surface area contributed by atoms with Crippen molar-refractivity contribution in [2.24, 2.45) is 0 Å². The van der Waals surface area contributed by atoms with E-state index in [0.717, 1.165) is 33.8 Å². The minimum Gasteiger partial charge on any atom is -0.458 e. The molecule has 0 radical (unpaired) electrons. The Labute approximate surface area is 168 Å².